The number of hydrogen-bond donors (Lipinski definition) is 1. The zero-order valence-electron chi connectivity index (χ0n) is 20.2. The number of nitrogens with one attached hydrogen (secondary N) is 1. The van der Waals surface area contributed by atoms with E-state index in [0.717, 1.165) is 55.6 Å². The van der Waals surface area contributed by atoms with Gasteiger partial charge < -0.3 is 10.1 Å². The smallest absolute Gasteiger partial charge is 0.407 e. The van der Waals surface area contributed by atoms with Crippen LogP contribution in [-0.2, 0) is 11.2 Å². The Morgan fingerprint density at radius 1 is 1.15 bits per heavy atom. The first-order chi connectivity index (χ1) is 15.7. The lowest BCUT2D eigenvalue weighted by Gasteiger charge is -2.44. The summed E-state index contributed by atoms with van der Waals surface area (Å²) in [5.41, 5.74) is 4.49. The maximum Gasteiger partial charge on any atom is 0.407 e. The van der Waals surface area contributed by atoms with Crippen LogP contribution >= 0.6 is 0 Å². The Kier molecular flexibility index (Phi) is 5.72. The summed E-state index contributed by atoms with van der Waals surface area (Å²) in [5, 5.41) is 3.09. The van der Waals surface area contributed by atoms with E-state index in [1.165, 1.54) is 5.56 Å². The lowest BCUT2D eigenvalue weighted by atomic mass is 9.85. The number of carbonyl (C=O) groups excluding carboxylic acids is 1. The van der Waals surface area contributed by atoms with Crippen molar-refractivity contribution >= 4 is 6.09 Å². The second kappa shape index (κ2) is 8.43. The molecule has 2 aromatic carbocycles. The predicted octanol–water partition coefficient (Wildman–Crippen LogP) is 6.06. The molecule has 0 spiro atoms. The Morgan fingerprint density at radius 2 is 1.85 bits per heavy atom. The van der Waals surface area contributed by atoms with Crippen LogP contribution in [0.1, 0.15) is 69.2 Å². The van der Waals surface area contributed by atoms with Gasteiger partial charge in [-0.15, -0.1) is 0 Å². The van der Waals surface area contributed by atoms with Gasteiger partial charge in [0, 0.05) is 12.1 Å². The number of halogens is 1. The number of rotatable bonds is 4. The summed E-state index contributed by atoms with van der Waals surface area (Å²) < 4.78 is 21.1. The Labute approximate surface area is 196 Å². The first-order valence-corrected chi connectivity index (χ1v) is 12.3. The fourth-order valence-electron chi connectivity index (χ4n) is 5.94. The molecule has 5 heteroatoms. The van der Waals surface area contributed by atoms with Crippen LogP contribution in [0.2, 0.25) is 0 Å². The molecule has 1 unspecified atom stereocenters. The molecule has 3 fully saturated rings. The van der Waals surface area contributed by atoms with Crippen LogP contribution in [-0.4, -0.2) is 36.7 Å². The summed E-state index contributed by atoms with van der Waals surface area (Å²) in [6.07, 6.45) is 2.56. The molecule has 1 amide bonds. The molecule has 2 aromatic rings. The number of amides is 1. The molecule has 3 heterocycles. The Bertz CT molecular complexity index is 1040. The third-order valence-corrected chi connectivity index (χ3v) is 7.97. The molecular formula is C28H35FN2O2. The average molecular weight is 451 g/mol. The van der Waals surface area contributed by atoms with Gasteiger partial charge in [-0.1, -0.05) is 52.0 Å². The molecule has 2 bridgehead atoms. The van der Waals surface area contributed by atoms with E-state index >= 15 is 4.39 Å². The monoisotopic (exact) mass is 450 g/mol. The number of ether oxygens (including phenoxy) is 1. The number of fused-ring (bicyclic) bond motifs is 4. The van der Waals surface area contributed by atoms with Crippen molar-refractivity contribution in [2.45, 2.75) is 65.0 Å². The van der Waals surface area contributed by atoms with E-state index in [2.05, 4.69) is 50.0 Å². The first kappa shape index (κ1) is 22.4. The third-order valence-electron chi connectivity index (χ3n) is 7.97. The number of benzene rings is 2. The molecule has 4 aliphatic rings. The van der Waals surface area contributed by atoms with Gasteiger partial charge in [0.05, 0.1) is 6.04 Å². The van der Waals surface area contributed by atoms with Gasteiger partial charge in [-0.05, 0) is 84.0 Å². The van der Waals surface area contributed by atoms with Crippen molar-refractivity contribution < 1.29 is 13.9 Å². The number of piperidine rings is 3. The van der Waals surface area contributed by atoms with Crippen LogP contribution in [0.15, 0.2) is 36.4 Å². The zero-order valence-corrected chi connectivity index (χ0v) is 20.2. The molecule has 0 saturated carbocycles. The molecule has 0 aromatic heterocycles. The highest BCUT2D eigenvalue weighted by Gasteiger charge is 2.42. The normalized spacial score (nSPS) is 27.5. The van der Waals surface area contributed by atoms with Gasteiger partial charge in [-0.3, -0.25) is 4.90 Å². The van der Waals surface area contributed by atoms with Crippen molar-refractivity contribution in [2.24, 2.45) is 11.3 Å². The van der Waals surface area contributed by atoms with Gasteiger partial charge >= 0.3 is 6.09 Å². The van der Waals surface area contributed by atoms with Crippen LogP contribution < -0.4 is 5.32 Å². The Morgan fingerprint density at radius 3 is 2.45 bits per heavy atom. The summed E-state index contributed by atoms with van der Waals surface area (Å²) in [5.74, 6) is 0.658. The van der Waals surface area contributed by atoms with Gasteiger partial charge in [-0.2, -0.15) is 0 Å². The first-order valence-electron chi connectivity index (χ1n) is 12.3. The summed E-state index contributed by atoms with van der Waals surface area (Å²) in [7, 11) is 0. The maximum absolute atomic E-state index is 15.3. The molecule has 2 atom stereocenters. The van der Waals surface area contributed by atoms with E-state index in [-0.39, 0.29) is 29.5 Å². The highest BCUT2D eigenvalue weighted by atomic mass is 19.1. The van der Waals surface area contributed by atoms with Crippen molar-refractivity contribution in [2.75, 3.05) is 19.6 Å². The summed E-state index contributed by atoms with van der Waals surface area (Å²) in [4.78, 5) is 15.2. The zero-order chi connectivity index (χ0) is 23.3. The van der Waals surface area contributed by atoms with Crippen molar-refractivity contribution in [1.29, 1.82) is 0 Å². The fourth-order valence-corrected chi connectivity index (χ4v) is 5.94. The van der Waals surface area contributed by atoms with E-state index in [4.69, 9.17) is 4.74 Å². The van der Waals surface area contributed by atoms with E-state index in [9.17, 15) is 4.79 Å². The van der Waals surface area contributed by atoms with Crippen LogP contribution in [0.25, 0.3) is 11.1 Å². The van der Waals surface area contributed by atoms with Crippen LogP contribution in [0.5, 0.6) is 0 Å². The molecule has 4 nitrogen and oxygen atoms in total. The number of nitrogens with zero attached hydrogens (tertiary/aromatic N) is 1. The summed E-state index contributed by atoms with van der Waals surface area (Å²) in [6.45, 7) is 11.6. The summed E-state index contributed by atoms with van der Waals surface area (Å²) in [6, 6.07) is 11.5. The topological polar surface area (TPSA) is 41.6 Å². The highest BCUT2D eigenvalue weighted by molar-refractivity contribution is 5.70. The second-order valence-electron chi connectivity index (χ2n) is 11.1. The second-order valence-corrected chi connectivity index (χ2v) is 11.1. The van der Waals surface area contributed by atoms with Crippen molar-refractivity contribution in [1.82, 2.24) is 10.2 Å². The van der Waals surface area contributed by atoms with Crippen LogP contribution in [0.3, 0.4) is 0 Å². The standard InChI is InChI=1S/C28H35FN2O2/c1-17(2)18-5-7-19(8-6-18)22-13-21-15-28(3,4)26(23(21)14-24(22)29)30-27(32)33-25-16-31-11-9-20(25)10-12-31/h5-8,13-14,17,20,25-26H,9-12,15-16H2,1-4H3,(H,30,32)/t25-,26?/m0/s1. The van der Waals surface area contributed by atoms with E-state index in [1.807, 2.05) is 18.2 Å². The summed E-state index contributed by atoms with van der Waals surface area (Å²) >= 11 is 0. The quantitative estimate of drug-likeness (QED) is 0.616. The number of carbonyl (C=O) groups is 1. The van der Waals surface area contributed by atoms with Crippen LogP contribution in [0, 0.1) is 17.2 Å². The molecule has 3 saturated heterocycles. The van der Waals surface area contributed by atoms with Gasteiger partial charge in [0.1, 0.15) is 11.9 Å². The predicted molar refractivity (Wildman–Crippen MR) is 129 cm³/mol. The van der Waals surface area contributed by atoms with E-state index in [0.29, 0.717) is 17.4 Å². The SMILES string of the molecule is CC(C)c1ccc(-c2cc3c(cc2F)C(NC(=O)O[C@H]2CN4CCC2CC4)C(C)(C)C3)cc1. The van der Waals surface area contributed by atoms with Crippen LogP contribution in [0.4, 0.5) is 9.18 Å². The lowest BCUT2D eigenvalue weighted by molar-refractivity contribution is -0.0349. The third kappa shape index (κ3) is 4.28. The van der Waals surface area contributed by atoms with Gasteiger partial charge in [-0.25, -0.2) is 9.18 Å². The minimum absolute atomic E-state index is 0.0376. The molecular weight excluding hydrogens is 415 g/mol. The van der Waals surface area contributed by atoms with Crippen molar-refractivity contribution in [3.8, 4) is 11.1 Å². The minimum atomic E-state index is -0.381. The van der Waals surface area contributed by atoms with Crippen molar-refractivity contribution in [3.05, 3.63) is 58.9 Å². The Balaban J connectivity index is 1.35. The van der Waals surface area contributed by atoms with Gasteiger partial charge in [0.2, 0.25) is 0 Å². The number of alkyl carbamates (subject to hydrolysis) is 1. The molecule has 1 N–H and O–H groups in total. The molecule has 1 aliphatic carbocycles. The molecule has 6 rings (SSSR count). The minimum Gasteiger partial charge on any atom is -0.445 e. The molecule has 33 heavy (non-hydrogen) atoms. The Hall–Kier alpha value is -2.40. The molecule has 0 radical (unpaired) electrons. The molecule has 3 aliphatic heterocycles. The average Bonchev–Trinajstić information content (AvgIpc) is 3.03. The number of hydrogen-bond acceptors (Lipinski definition) is 3. The maximum atomic E-state index is 15.3. The molecule has 176 valence electrons. The van der Waals surface area contributed by atoms with Gasteiger partial charge in [0.15, 0.2) is 0 Å². The largest absolute Gasteiger partial charge is 0.445 e. The van der Waals surface area contributed by atoms with E-state index in [1.54, 1.807) is 6.07 Å². The van der Waals surface area contributed by atoms with Gasteiger partial charge in [0.25, 0.3) is 0 Å². The highest BCUT2D eigenvalue weighted by Crippen LogP contribution is 2.47. The van der Waals surface area contributed by atoms with Crippen molar-refractivity contribution in [3.63, 3.8) is 0 Å². The van der Waals surface area contributed by atoms with E-state index < -0.39 is 0 Å². The fraction of sp³-hybridized carbons (Fsp3) is 0.536. The lowest BCUT2D eigenvalue weighted by Crippen LogP contribution is -2.53.